The van der Waals surface area contributed by atoms with Gasteiger partial charge < -0.3 is 15.8 Å². The van der Waals surface area contributed by atoms with E-state index in [1.165, 1.54) is 0 Å². The molecule has 0 aliphatic carbocycles. The van der Waals surface area contributed by atoms with E-state index in [-0.39, 0.29) is 12.3 Å². The molecule has 2 aromatic rings. The Morgan fingerprint density at radius 2 is 1.79 bits per heavy atom. The van der Waals surface area contributed by atoms with Crippen molar-refractivity contribution in [1.82, 2.24) is 0 Å². The summed E-state index contributed by atoms with van der Waals surface area (Å²) in [6.45, 7) is 4.21. The number of nitrogens with two attached hydrogens (primary N) is 1. The number of amides is 2. The zero-order valence-corrected chi connectivity index (χ0v) is 14.1. The summed E-state index contributed by atoms with van der Waals surface area (Å²) < 4.78 is 5.34. The fourth-order valence-electron chi connectivity index (χ4n) is 2.39. The Hall–Kier alpha value is -2.82. The lowest BCUT2D eigenvalue weighted by Crippen LogP contribution is -2.16. The molecule has 0 unspecified atom stereocenters. The van der Waals surface area contributed by atoms with Gasteiger partial charge in [0.1, 0.15) is 5.75 Å². The predicted molar refractivity (Wildman–Crippen MR) is 94.4 cm³/mol. The average Bonchev–Trinajstić information content (AvgIpc) is 2.55. The molecule has 24 heavy (non-hydrogen) atoms. The molecule has 0 fully saturated rings. The summed E-state index contributed by atoms with van der Waals surface area (Å²) in [6, 6.07) is 12.4. The summed E-state index contributed by atoms with van der Waals surface area (Å²) in [6.07, 6.45) is 0.210. The summed E-state index contributed by atoms with van der Waals surface area (Å²) in [4.78, 5) is 23.3. The fraction of sp³-hybridized carbons (Fsp3) is 0.263. The number of methoxy groups -OCH3 is 1. The zero-order chi connectivity index (χ0) is 17.7. The molecular formula is C19H22N2O3. The Labute approximate surface area is 141 Å². The standard InChI is InChI=1S/C19H22N2O3/c1-12(2)14-6-9-17(24-3)15(10-14)11-18(22)21-16-7-4-13(5-8-16)19(20)23/h4-10,12H,11H2,1-3H3,(H2,20,23)(H,21,22). The highest BCUT2D eigenvalue weighted by Crippen LogP contribution is 2.25. The third-order valence-electron chi connectivity index (χ3n) is 3.78. The minimum atomic E-state index is -0.497. The number of hydrogen-bond donors (Lipinski definition) is 2. The molecule has 0 bridgehead atoms. The molecule has 0 aliphatic heterocycles. The van der Waals surface area contributed by atoms with Crippen molar-refractivity contribution in [1.29, 1.82) is 0 Å². The summed E-state index contributed by atoms with van der Waals surface area (Å²) in [5.41, 5.74) is 8.21. The van der Waals surface area contributed by atoms with Gasteiger partial charge in [0.15, 0.2) is 0 Å². The molecule has 2 amide bonds. The van der Waals surface area contributed by atoms with E-state index in [0.29, 0.717) is 22.9 Å². The number of rotatable bonds is 6. The van der Waals surface area contributed by atoms with Gasteiger partial charge >= 0.3 is 0 Å². The van der Waals surface area contributed by atoms with Crippen molar-refractivity contribution < 1.29 is 14.3 Å². The highest BCUT2D eigenvalue weighted by atomic mass is 16.5. The topological polar surface area (TPSA) is 81.4 Å². The number of benzene rings is 2. The number of anilines is 1. The quantitative estimate of drug-likeness (QED) is 0.856. The van der Waals surface area contributed by atoms with Crippen LogP contribution in [0.15, 0.2) is 42.5 Å². The lowest BCUT2D eigenvalue weighted by Gasteiger charge is -2.13. The molecule has 0 saturated heterocycles. The van der Waals surface area contributed by atoms with Crippen LogP contribution in [0.4, 0.5) is 5.69 Å². The van der Waals surface area contributed by atoms with Crippen LogP contribution in [0.3, 0.4) is 0 Å². The Morgan fingerprint density at radius 3 is 2.33 bits per heavy atom. The largest absolute Gasteiger partial charge is 0.496 e. The Kier molecular flexibility index (Phi) is 5.58. The first-order valence-electron chi connectivity index (χ1n) is 7.77. The van der Waals surface area contributed by atoms with Crippen molar-refractivity contribution in [3.63, 3.8) is 0 Å². The summed E-state index contributed by atoms with van der Waals surface area (Å²) in [7, 11) is 1.59. The third-order valence-corrected chi connectivity index (χ3v) is 3.78. The maximum atomic E-state index is 12.3. The molecule has 5 heteroatoms. The van der Waals surface area contributed by atoms with Gasteiger partial charge in [-0.15, -0.1) is 0 Å². The molecule has 0 aliphatic rings. The van der Waals surface area contributed by atoms with Gasteiger partial charge in [-0.25, -0.2) is 0 Å². The van der Waals surface area contributed by atoms with Crippen molar-refractivity contribution >= 4 is 17.5 Å². The Morgan fingerprint density at radius 1 is 1.12 bits per heavy atom. The van der Waals surface area contributed by atoms with E-state index in [1.54, 1.807) is 31.4 Å². The molecule has 0 aromatic heterocycles. The number of ether oxygens (including phenoxy) is 1. The van der Waals surface area contributed by atoms with Gasteiger partial charge in [-0.3, -0.25) is 9.59 Å². The van der Waals surface area contributed by atoms with E-state index in [1.807, 2.05) is 18.2 Å². The normalized spacial score (nSPS) is 10.5. The SMILES string of the molecule is COc1ccc(C(C)C)cc1CC(=O)Nc1ccc(C(N)=O)cc1. The highest BCUT2D eigenvalue weighted by Gasteiger charge is 2.12. The van der Waals surface area contributed by atoms with Gasteiger partial charge in [-0.05, 0) is 41.8 Å². The summed E-state index contributed by atoms with van der Waals surface area (Å²) in [5.74, 6) is 0.418. The smallest absolute Gasteiger partial charge is 0.248 e. The molecule has 2 rings (SSSR count). The number of primary amides is 1. The van der Waals surface area contributed by atoms with Crippen LogP contribution in [0.2, 0.25) is 0 Å². The van der Waals surface area contributed by atoms with Crippen LogP contribution in [0.5, 0.6) is 5.75 Å². The summed E-state index contributed by atoms with van der Waals surface area (Å²) in [5, 5.41) is 2.81. The van der Waals surface area contributed by atoms with Gasteiger partial charge in [0.25, 0.3) is 0 Å². The number of carbonyl (C=O) groups excluding carboxylic acids is 2. The van der Waals surface area contributed by atoms with E-state index >= 15 is 0 Å². The van der Waals surface area contributed by atoms with Crippen LogP contribution in [-0.4, -0.2) is 18.9 Å². The van der Waals surface area contributed by atoms with Crippen molar-refractivity contribution in [3.8, 4) is 5.75 Å². The molecular weight excluding hydrogens is 304 g/mol. The first kappa shape index (κ1) is 17.5. The van der Waals surface area contributed by atoms with Crippen LogP contribution < -0.4 is 15.8 Å². The van der Waals surface area contributed by atoms with E-state index in [9.17, 15) is 9.59 Å². The minimum absolute atomic E-state index is 0.152. The zero-order valence-electron chi connectivity index (χ0n) is 14.1. The second kappa shape index (κ2) is 7.64. The van der Waals surface area contributed by atoms with Crippen LogP contribution in [-0.2, 0) is 11.2 Å². The molecule has 0 atom stereocenters. The van der Waals surface area contributed by atoms with Gasteiger partial charge in [-0.1, -0.05) is 26.0 Å². The predicted octanol–water partition coefficient (Wildman–Crippen LogP) is 3.10. The molecule has 2 aromatic carbocycles. The molecule has 0 heterocycles. The van der Waals surface area contributed by atoms with Crippen LogP contribution in [0.25, 0.3) is 0 Å². The second-order valence-corrected chi connectivity index (χ2v) is 5.89. The highest BCUT2D eigenvalue weighted by molar-refractivity contribution is 5.95. The lowest BCUT2D eigenvalue weighted by atomic mass is 9.98. The van der Waals surface area contributed by atoms with Gasteiger partial charge in [0, 0.05) is 16.8 Å². The second-order valence-electron chi connectivity index (χ2n) is 5.89. The third kappa shape index (κ3) is 4.35. The van der Waals surface area contributed by atoms with Gasteiger partial charge in [0.05, 0.1) is 13.5 Å². The van der Waals surface area contributed by atoms with Crippen LogP contribution in [0, 0.1) is 0 Å². The lowest BCUT2D eigenvalue weighted by molar-refractivity contribution is -0.115. The van der Waals surface area contributed by atoms with Crippen molar-refractivity contribution in [2.24, 2.45) is 5.73 Å². The van der Waals surface area contributed by atoms with Crippen LogP contribution in [0.1, 0.15) is 41.3 Å². The van der Waals surface area contributed by atoms with Crippen molar-refractivity contribution in [2.45, 2.75) is 26.2 Å². The van der Waals surface area contributed by atoms with Gasteiger partial charge in [-0.2, -0.15) is 0 Å². The first-order chi connectivity index (χ1) is 11.4. The fourth-order valence-corrected chi connectivity index (χ4v) is 2.39. The monoisotopic (exact) mass is 326 g/mol. The molecule has 0 saturated carbocycles. The molecule has 126 valence electrons. The maximum absolute atomic E-state index is 12.3. The van der Waals surface area contributed by atoms with E-state index in [4.69, 9.17) is 10.5 Å². The Balaban J connectivity index is 2.11. The van der Waals surface area contributed by atoms with Crippen molar-refractivity contribution in [3.05, 3.63) is 59.2 Å². The number of carbonyl (C=O) groups is 2. The van der Waals surface area contributed by atoms with Crippen LogP contribution >= 0.6 is 0 Å². The van der Waals surface area contributed by atoms with Crippen molar-refractivity contribution in [2.75, 3.05) is 12.4 Å². The van der Waals surface area contributed by atoms with Gasteiger partial charge in [0.2, 0.25) is 11.8 Å². The number of hydrogen-bond acceptors (Lipinski definition) is 3. The number of nitrogens with one attached hydrogen (secondary N) is 1. The molecule has 0 spiro atoms. The molecule has 5 nitrogen and oxygen atoms in total. The first-order valence-corrected chi connectivity index (χ1v) is 7.77. The summed E-state index contributed by atoms with van der Waals surface area (Å²) >= 11 is 0. The maximum Gasteiger partial charge on any atom is 0.248 e. The minimum Gasteiger partial charge on any atom is -0.496 e. The molecule has 0 radical (unpaired) electrons. The Bertz CT molecular complexity index is 737. The van der Waals surface area contributed by atoms with E-state index in [0.717, 1.165) is 11.1 Å². The van der Waals surface area contributed by atoms with E-state index in [2.05, 4.69) is 19.2 Å². The molecule has 3 N–H and O–H groups in total. The van der Waals surface area contributed by atoms with E-state index < -0.39 is 5.91 Å². The average molecular weight is 326 g/mol.